The average Bonchev–Trinajstić information content (AvgIpc) is 3.83. The van der Waals surface area contributed by atoms with E-state index in [1.165, 1.54) is 60.8 Å². The van der Waals surface area contributed by atoms with Gasteiger partial charge in [-0.05, 0) is 92.5 Å². The topological polar surface area (TPSA) is 18.1 Å². The van der Waals surface area contributed by atoms with Crippen LogP contribution in [0.3, 0.4) is 0 Å². The van der Waals surface area contributed by atoms with Crippen molar-refractivity contribution in [3.63, 3.8) is 0 Å². The molecule has 11 rings (SSSR count). The van der Waals surface area contributed by atoms with E-state index in [0.29, 0.717) is 0 Å². The summed E-state index contributed by atoms with van der Waals surface area (Å²) in [6, 6.07) is 64.2. The van der Waals surface area contributed by atoms with E-state index in [1.807, 2.05) is 6.07 Å². The minimum Gasteiger partial charge on any atom is -0.455 e. The van der Waals surface area contributed by atoms with Gasteiger partial charge in [0.15, 0.2) is 0 Å². The van der Waals surface area contributed by atoms with Crippen molar-refractivity contribution in [2.75, 3.05) is 0 Å². The second-order valence-corrected chi connectivity index (χ2v) is 14.9. The van der Waals surface area contributed by atoms with Crippen LogP contribution < -0.4 is 0 Å². The summed E-state index contributed by atoms with van der Waals surface area (Å²) in [5.41, 5.74) is 17.6. The van der Waals surface area contributed by atoms with Gasteiger partial charge in [-0.2, -0.15) is 0 Å². The molecule has 0 fully saturated rings. The molecule has 2 heterocycles. The molecule has 0 spiro atoms. The van der Waals surface area contributed by atoms with E-state index in [0.717, 1.165) is 44.3 Å². The molecule has 250 valence electrons. The SMILES string of the molecule is CC1(C)c2ccccc2-c2cc3c4ccccc4n(-c4cc(-c5ccccc5-c5ccccc5)cc(-c5cccc6c5oc5ccccc56)c4)c3cc21. The van der Waals surface area contributed by atoms with Gasteiger partial charge in [-0.15, -0.1) is 0 Å². The zero-order valence-electron chi connectivity index (χ0n) is 29.6. The van der Waals surface area contributed by atoms with Crippen LogP contribution in [0.2, 0.25) is 0 Å². The number of furan rings is 1. The Hall–Kier alpha value is -6.64. The average molecular weight is 678 g/mol. The normalized spacial score (nSPS) is 13.2. The Labute approximate surface area is 308 Å². The Morgan fingerprint density at radius 3 is 1.85 bits per heavy atom. The van der Waals surface area contributed by atoms with Crippen molar-refractivity contribution in [2.24, 2.45) is 0 Å². The van der Waals surface area contributed by atoms with Crippen LogP contribution in [0.15, 0.2) is 180 Å². The lowest BCUT2D eigenvalue weighted by Crippen LogP contribution is -2.15. The Kier molecular flexibility index (Phi) is 6.33. The van der Waals surface area contributed by atoms with Crippen LogP contribution in [0.1, 0.15) is 25.0 Å². The molecule has 0 atom stereocenters. The fourth-order valence-corrected chi connectivity index (χ4v) is 9.07. The molecule has 2 aromatic heterocycles. The minimum atomic E-state index is -0.111. The molecular weight excluding hydrogens is 643 g/mol. The molecule has 0 amide bonds. The number of benzene rings is 8. The largest absolute Gasteiger partial charge is 0.455 e. The van der Waals surface area contributed by atoms with Crippen LogP contribution in [0.5, 0.6) is 0 Å². The predicted octanol–water partition coefficient (Wildman–Crippen LogP) is 14.0. The molecular formula is C51H35NO. The molecule has 0 N–H and O–H groups in total. The van der Waals surface area contributed by atoms with Crippen molar-refractivity contribution < 1.29 is 4.42 Å². The van der Waals surface area contributed by atoms with E-state index in [4.69, 9.17) is 4.42 Å². The number of nitrogens with zero attached hydrogens (tertiary/aromatic N) is 1. The zero-order valence-corrected chi connectivity index (χ0v) is 29.6. The third kappa shape index (κ3) is 4.39. The van der Waals surface area contributed by atoms with Gasteiger partial charge in [0.05, 0.1) is 11.0 Å². The highest BCUT2D eigenvalue weighted by Crippen LogP contribution is 2.51. The lowest BCUT2D eigenvalue weighted by Gasteiger charge is -2.22. The quantitative estimate of drug-likeness (QED) is 0.181. The van der Waals surface area contributed by atoms with Crippen LogP contribution in [0.25, 0.3) is 93.9 Å². The first kappa shape index (κ1) is 30.0. The van der Waals surface area contributed by atoms with Gasteiger partial charge in [-0.3, -0.25) is 0 Å². The Morgan fingerprint density at radius 2 is 1.02 bits per heavy atom. The lowest BCUT2D eigenvalue weighted by atomic mass is 9.82. The van der Waals surface area contributed by atoms with Crippen molar-refractivity contribution in [3.05, 3.63) is 187 Å². The Bertz CT molecular complexity index is 3080. The van der Waals surface area contributed by atoms with Crippen molar-refractivity contribution in [1.82, 2.24) is 4.57 Å². The molecule has 1 aliphatic rings. The molecule has 0 radical (unpaired) electrons. The van der Waals surface area contributed by atoms with Crippen molar-refractivity contribution >= 4 is 43.7 Å². The first-order valence-corrected chi connectivity index (χ1v) is 18.4. The smallest absolute Gasteiger partial charge is 0.143 e. The summed E-state index contributed by atoms with van der Waals surface area (Å²) in [5, 5.41) is 4.78. The van der Waals surface area contributed by atoms with E-state index in [1.54, 1.807) is 0 Å². The lowest BCUT2D eigenvalue weighted by molar-refractivity contribution is 0.661. The molecule has 0 saturated carbocycles. The van der Waals surface area contributed by atoms with Gasteiger partial charge < -0.3 is 8.98 Å². The molecule has 0 aliphatic heterocycles. The van der Waals surface area contributed by atoms with Gasteiger partial charge in [0, 0.05) is 38.2 Å². The number of hydrogen-bond acceptors (Lipinski definition) is 1. The Balaban J connectivity index is 1.23. The third-order valence-corrected chi connectivity index (χ3v) is 11.6. The van der Waals surface area contributed by atoms with E-state index in [-0.39, 0.29) is 5.41 Å². The molecule has 2 heteroatoms. The van der Waals surface area contributed by atoms with Crippen molar-refractivity contribution in [1.29, 1.82) is 0 Å². The van der Waals surface area contributed by atoms with Crippen LogP contribution in [0.4, 0.5) is 0 Å². The summed E-state index contributed by atoms with van der Waals surface area (Å²) in [7, 11) is 0. The van der Waals surface area contributed by atoms with Gasteiger partial charge in [0.1, 0.15) is 11.2 Å². The summed E-state index contributed by atoms with van der Waals surface area (Å²) < 4.78 is 9.13. The van der Waals surface area contributed by atoms with E-state index in [2.05, 4.69) is 188 Å². The van der Waals surface area contributed by atoms with E-state index in [9.17, 15) is 0 Å². The molecule has 0 bridgehead atoms. The van der Waals surface area contributed by atoms with E-state index >= 15 is 0 Å². The van der Waals surface area contributed by atoms with Gasteiger partial charge in [0.2, 0.25) is 0 Å². The molecule has 0 unspecified atom stereocenters. The second-order valence-electron chi connectivity index (χ2n) is 14.9. The molecule has 53 heavy (non-hydrogen) atoms. The number of aromatic nitrogens is 1. The standard InChI is InChI=1S/C51H35NO/c1-51(2)45-24-11-8-19-39(45)43-30-44-40-20-9-12-25-47(40)52(48(44)31-46(43)51)35-28-33(37-18-7-6-17-36(37)32-15-4-3-5-16-32)27-34(29-35)38-22-14-23-42-41-21-10-13-26-49(41)53-50(38)42/h3-31H,1-2H3. The Morgan fingerprint density at radius 1 is 0.396 bits per heavy atom. The fraction of sp³-hybridized carbons (Fsp3) is 0.0588. The van der Waals surface area contributed by atoms with Gasteiger partial charge in [0.25, 0.3) is 0 Å². The predicted molar refractivity (Wildman–Crippen MR) is 222 cm³/mol. The van der Waals surface area contributed by atoms with Crippen LogP contribution in [0, 0.1) is 0 Å². The van der Waals surface area contributed by atoms with Gasteiger partial charge in [-0.1, -0.05) is 147 Å². The van der Waals surface area contributed by atoms with E-state index < -0.39 is 0 Å². The summed E-state index contributed by atoms with van der Waals surface area (Å²) in [6.45, 7) is 4.73. The second kappa shape index (κ2) is 11.2. The molecule has 2 nitrogen and oxygen atoms in total. The molecule has 10 aromatic rings. The highest BCUT2D eigenvalue weighted by atomic mass is 16.3. The van der Waals surface area contributed by atoms with Crippen LogP contribution in [-0.4, -0.2) is 4.57 Å². The first-order valence-electron chi connectivity index (χ1n) is 18.4. The zero-order chi connectivity index (χ0) is 35.3. The third-order valence-electron chi connectivity index (χ3n) is 11.6. The number of fused-ring (bicyclic) bond motifs is 9. The fourth-order valence-electron chi connectivity index (χ4n) is 9.07. The molecule has 8 aromatic carbocycles. The van der Waals surface area contributed by atoms with Crippen LogP contribution in [-0.2, 0) is 5.41 Å². The number of rotatable bonds is 4. The molecule has 0 saturated heterocycles. The van der Waals surface area contributed by atoms with Crippen LogP contribution >= 0.6 is 0 Å². The van der Waals surface area contributed by atoms with Gasteiger partial charge in [-0.25, -0.2) is 0 Å². The monoisotopic (exact) mass is 677 g/mol. The number of para-hydroxylation sites is 3. The summed E-state index contributed by atoms with van der Waals surface area (Å²) >= 11 is 0. The summed E-state index contributed by atoms with van der Waals surface area (Å²) in [4.78, 5) is 0. The minimum absolute atomic E-state index is 0.111. The molecule has 1 aliphatic carbocycles. The highest BCUT2D eigenvalue weighted by Gasteiger charge is 2.36. The maximum absolute atomic E-state index is 6.64. The van der Waals surface area contributed by atoms with Crippen molar-refractivity contribution in [3.8, 4) is 50.2 Å². The summed E-state index contributed by atoms with van der Waals surface area (Å²) in [5.74, 6) is 0. The maximum atomic E-state index is 6.64. The van der Waals surface area contributed by atoms with Crippen molar-refractivity contribution in [2.45, 2.75) is 19.3 Å². The highest BCUT2D eigenvalue weighted by molar-refractivity contribution is 6.13. The van der Waals surface area contributed by atoms with Gasteiger partial charge >= 0.3 is 0 Å². The maximum Gasteiger partial charge on any atom is 0.143 e. The number of hydrogen-bond donors (Lipinski definition) is 0. The first-order chi connectivity index (χ1) is 26.0. The summed E-state index contributed by atoms with van der Waals surface area (Å²) in [6.07, 6.45) is 0.